The molecule has 0 aliphatic carbocycles. The van der Waals surface area contributed by atoms with Crippen molar-refractivity contribution >= 4 is 5.91 Å². The Morgan fingerprint density at radius 1 is 1.40 bits per heavy atom. The van der Waals surface area contributed by atoms with Crippen LogP contribution in [0.1, 0.15) is 31.9 Å². The summed E-state index contributed by atoms with van der Waals surface area (Å²) in [6, 6.07) is 7.75. The third-order valence-corrected chi connectivity index (χ3v) is 2.31. The Kier molecular flexibility index (Phi) is 4.16. The van der Waals surface area contributed by atoms with Crippen molar-refractivity contribution in [2.45, 2.75) is 26.3 Å². The Hall–Kier alpha value is -1.51. The smallest absolute Gasteiger partial charge is 0.220 e. The lowest BCUT2D eigenvalue weighted by Crippen LogP contribution is -2.25. The summed E-state index contributed by atoms with van der Waals surface area (Å²) in [5.41, 5.74) is 1.08. The second-order valence-electron chi connectivity index (χ2n) is 3.42. The second-order valence-corrected chi connectivity index (χ2v) is 3.42. The third-order valence-electron chi connectivity index (χ3n) is 2.31. The van der Waals surface area contributed by atoms with Crippen LogP contribution in [0.4, 0.5) is 0 Å². The molecule has 0 spiro atoms. The van der Waals surface area contributed by atoms with Crippen LogP contribution in [0.25, 0.3) is 0 Å². The van der Waals surface area contributed by atoms with Crippen LogP contribution in [0.15, 0.2) is 24.3 Å². The van der Waals surface area contributed by atoms with Crippen molar-refractivity contribution in [1.82, 2.24) is 5.32 Å². The Balaban J connectivity index is 2.65. The number of carbonyl (C=O) groups is 1. The van der Waals surface area contributed by atoms with Gasteiger partial charge >= 0.3 is 0 Å². The highest BCUT2D eigenvalue weighted by Crippen LogP contribution is 2.17. The zero-order valence-electron chi connectivity index (χ0n) is 9.41. The molecule has 0 aliphatic rings. The minimum absolute atomic E-state index is 0.0448. The second kappa shape index (κ2) is 5.39. The molecule has 0 heterocycles. The summed E-state index contributed by atoms with van der Waals surface area (Å²) >= 11 is 0. The van der Waals surface area contributed by atoms with Crippen LogP contribution in [-0.4, -0.2) is 13.0 Å². The van der Waals surface area contributed by atoms with Crippen molar-refractivity contribution in [3.8, 4) is 5.75 Å². The standard InChI is InChI=1S/C12H17NO2/c1-4-12(14)13-9(2)10-5-7-11(15-3)8-6-10/h5-9H,4H2,1-3H3,(H,13,14). The zero-order valence-corrected chi connectivity index (χ0v) is 9.41. The highest BCUT2D eigenvalue weighted by atomic mass is 16.5. The van der Waals surface area contributed by atoms with Crippen molar-refractivity contribution in [2.24, 2.45) is 0 Å². The predicted molar refractivity (Wildman–Crippen MR) is 59.8 cm³/mol. The van der Waals surface area contributed by atoms with Crippen LogP contribution < -0.4 is 10.1 Å². The fourth-order valence-corrected chi connectivity index (χ4v) is 1.32. The van der Waals surface area contributed by atoms with Crippen LogP contribution in [0.2, 0.25) is 0 Å². The number of amides is 1. The van der Waals surface area contributed by atoms with Crippen LogP contribution in [-0.2, 0) is 4.79 Å². The first kappa shape index (κ1) is 11.6. The molecule has 0 radical (unpaired) electrons. The number of benzene rings is 1. The Bertz CT molecular complexity index is 319. The lowest BCUT2D eigenvalue weighted by molar-refractivity contribution is -0.121. The van der Waals surface area contributed by atoms with Crippen LogP contribution in [0, 0.1) is 0 Å². The molecule has 0 bridgehead atoms. The maximum absolute atomic E-state index is 11.2. The molecule has 0 aliphatic heterocycles. The van der Waals surface area contributed by atoms with E-state index in [0.717, 1.165) is 11.3 Å². The normalized spacial score (nSPS) is 11.9. The van der Waals surface area contributed by atoms with Crippen molar-refractivity contribution in [3.05, 3.63) is 29.8 Å². The summed E-state index contributed by atoms with van der Waals surface area (Å²) in [6.07, 6.45) is 0.514. The Morgan fingerprint density at radius 3 is 2.47 bits per heavy atom. The number of methoxy groups -OCH3 is 1. The minimum Gasteiger partial charge on any atom is -0.497 e. The van der Waals surface area contributed by atoms with Gasteiger partial charge in [-0.2, -0.15) is 0 Å². The van der Waals surface area contributed by atoms with Crippen molar-refractivity contribution in [2.75, 3.05) is 7.11 Å². The molecule has 15 heavy (non-hydrogen) atoms. The van der Waals surface area contributed by atoms with Crippen LogP contribution in [0.5, 0.6) is 5.75 Å². The molecule has 1 N–H and O–H groups in total. The summed E-state index contributed by atoms with van der Waals surface area (Å²) < 4.78 is 5.06. The molecule has 1 rings (SSSR count). The van der Waals surface area contributed by atoms with Gasteiger partial charge in [0.25, 0.3) is 0 Å². The van der Waals surface area contributed by atoms with Gasteiger partial charge < -0.3 is 10.1 Å². The summed E-state index contributed by atoms with van der Waals surface area (Å²) in [4.78, 5) is 11.2. The average Bonchev–Trinajstić information content (AvgIpc) is 2.29. The molecule has 0 saturated heterocycles. The van der Waals surface area contributed by atoms with Crippen molar-refractivity contribution < 1.29 is 9.53 Å². The number of nitrogens with one attached hydrogen (secondary N) is 1. The molecule has 0 fully saturated rings. The molecule has 82 valence electrons. The number of hydrogen-bond donors (Lipinski definition) is 1. The van der Waals surface area contributed by atoms with Crippen molar-refractivity contribution in [3.63, 3.8) is 0 Å². The van der Waals surface area contributed by atoms with Gasteiger partial charge in [-0.15, -0.1) is 0 Å². The first-order chi connectivity index (χ1) is 7.17. The topological polar surface area (TPSA) is 38.3 Å². The molecule has 3 nitrogen and oxygen atoms in total. The molecule has 0 aromatic heterocycles. The molecule has 0 saturated carbocycles. The molecular formula is C12H17NO2. The van der Waals surface area contributed by atoms with Gasteiger partial charge in [-0.3, -0.25) is 4.79 Å². The monoisotopic (exact) mass is 207 g/mol. The van der Waals surface area contributed by atoms with E-state index in [2.05, 4.69) is 5.32 Å². The summed E-state index contributed by atoms with van der Waals surface area (Å²) in [7, 11) is 1.64. The SMILES string of the molecule is CCC(=O)NC(C)c1ccc(OC)cc1. The molecule has 3 heteroatoms. The highest BCUT2D eigenvalue weighted by Gasteiger charge is 2.07. The number of ether oxygens (including phenoxy) is 1. The first-order valence-electron chi connectivity index (χ1n) is 5.10. The summed E-state index contributed by atoms with van der Waals surface area (Å²) in [6.45, 7) is 3.81. The van der Waals surface area contributed by atoms with Crippen molar-refractivity contribution in [1.29, 1.82) is 0 Å². The molecule has 1 unspecified atom stereocenters. The first-order valence-corrected chi connectivity index (χ1v) is 5.10. The van der Waals surface area contributed by atoms with E-state index in [4.69, 9.17) is 4.74 Å². The van der Waals surface area contributed by atoms with Crippen LogP contribution >= 0.6 is 0 Å². The van der Waals surface area contributed by atoms with E-state index in [9.17, 15) is 4.79 Å². The maximum Gasteiger partial charge on any atom is 0.220 e. The fraction of sp³-hybridized carbons (Fsp3) is 0.417. The molecule has 1 amide bonds. The van der Waals surface area contributed by atoms with E-state index in [1.807, 2.05) is 38.1 Å². The lowest BCUT2D eigenvalue weighted by Gasteiger charge is -2.13. The van der Waals surface area contributed by atoms with Gasteiger partial charge in [-0.25, -0.2) is 0 Å². The van der Waals surface area contributed by atoms with Gasteiger partial charge in [0, 0.05) is 6.42 Å². The Morgan fingerprint density at radius 2 is 2.00 bits per heavy atom. The van der Waals surface area contributed by atoms with Gasteiger partial charge in [0.05, 0.1) is 13.2 Å². The number of hydrogen-bond acceptors (Lipinski definition) is 2. The number of rotatable bonds is 4. The van der Waals surface area contributed by atoms with E-state index >= 15 is 0 Å². The van der Waals surface area contributed by atoms with Crippen LogP contribution in [0.3, 0.4) is 0 Å². The third kappa shape index (κ3) is 3.27. The molecule has 1 atom stereocenters. The van der Waals surface area contributed by atoms with Gasteiger partial charge in [0.15, 0.2) is 0 Å². The quantitative estimate of drug-likeness (QED) is 0.822. The van der Waals surface area contributed by atoms with Gasteiger partial charge in [-0.05, 0) is 24.6 Å². The van der Waals surface area contributed by atoms with Gasteiger partial charge in [0.1, 0.15) is 5.75 Å². The molecule has 1 aromatic carbocycles. The summed E-state index contributed by atoms with van der Waals surface area (Å²) in [5, 5.41) is 2.90. The van der Waals surface area contributed by atoms with E-state index < -0.39 is 0 Å². The van der Waals surface area contributed by atoms with Gasteiger partial charge in [-0.1, -0.05) is 19.1 Å². The van der Waals surface area contributed by atoms with Gasteiger partial charge in [0.2, 0.25) is 5.91 Å². The molecular weight excluding hydrogens is 190 g/mol. The lowest BCUT2D eigenvalue weighted by atomic mass is 10.1. The average molecular weight is 207 g/mol. The largest absolute Gasteiger partial charge is 0.497 e. The zero-order chi connectivity index (χ0) is 11.3. The van der Waals surface area contributed by atoms with E-state index in [0.29, 0.717) is 6.42 Å². The maximum atomic E-state index is 11.2. The number of carbonyl (C=O) groups excluding carboxylic acids is 1. The van der Waals surface area contributed by atoms with E-state index in [-0.39, 0.29) is 11.9 Å². The summed E-state index contributed by atoms with van der Waals surface area (Å²) in [5.74, 6) is 0.895. The predicted octanol–water partition coefficient (Wildman–Crippen LogP) is 2.28. The van der Waals surface area contributed by atoms with E-state index in [1.54, 1.807) is 7.11 Å². The highest BCUT2D eigenvalue weighted by molar-refractivity contribution is 5.75. The minimum atomic E-state index is 0.0448. The Labute approximate surface area is 90.4 Å². The molecule has 1 aromatic rings. The fourth-order valence-electron chi connectivity index (χ4n) is 1.32. The van der Waals surface area contributed by atoms with E-state index in [1.165, 1.54) is 0 Å².